The van der Waals surface area contributed by atoms with E-state index in [1.807, 2.05) is 0 Å². The topological polar surface area (TPSA) is 95.4 Å². The Morgan fingerprint density at radius 1 is 1.38 bits per heavy atom. The van der Waals surface area contributed by atoms with Gasteiger partial charge in [-0.1, -0.05) is 6.07 Å². The first-order valence-electron chi connectivity index (χ1n) is 3.42. The zero-order valence-corrected chi connectivity index (χ0v) is 7.84. The molecule has 4 N–H and O–H groups in total. The Hall–Kier alpha value is -1.27. The summed E-state index contributed by atoms with van der Waals surface area (Å²) in [5.41, 5.74) is 5.53. The minimum Gasteiger partial charge on any atom is -0.495 e. The molecule has 13 heavy (non-hydrogen) atoms. The molecule has 5 nitrogen and oxygen atoms in total. The Morgan fingerprint density at radius 2 is 2.00 bits per heavy atom. The molecule has 0 radical (unpaired) electrons. The Labute approximate surface area is 76.4 Å². The second-order valence-electron chi connectivity index (χ2n) is 2.42. The minimum absolute atomic E-state index is 0.0347. The Kier molecular flexibility index (Phi) is 2.44. The largest absolute Gasteiger partial charge is 0.495 e. The number of rotatable bonds is 2. The zero-order valence-electron chi connectivity index (χ0n) is 7.02. The van der Waals surface area contributed by atoms with Crippen molar-refractivity contribution < 1.29 is 13.2 Å². The average molecular weight is 202 g/mol. The van der Waals surface area contributed by atoms with Crippen molar-refractivity contribution in [2.75, 3.05) is 12.8 Å². The van der Waals surface area contributed by atoms with Crippen molar-refractivity contribution in [2.45, 2.75) is 4.90 Å². The van der Waals surface area contributed by atoms with Crippen LogP contribution in [0.4, 0.5) is 5.69 Å². The summed E-state index contributed by atoms with van der Waals surface area (Å²) in [5.74, 6) is 0.298. The van der Waals surface area contributed by atoms with Gasteiger partial charge in [0.15, 0.2) is 0 Å². The third kappa shape index (κ3) is 1.90. The van der Waals surface area contributed by atoms with E-state index in [1.54, 1.807) is 6.07 Å². The van der Waals surface area contributed by atoms with Crippen LogP contribution in [-0.2, 0) is 10.0 Å². The molecule has 72 valence electrons. The van der Waals surface area contributed by atoms with Gasteiger partial charge in [0.2, 0.25) is 10.0 Å². The lowest BCUT2D eigenvalue weighted by Gasteiger charge is -2.07. The number of nitrogens with two attached hydrogens (primary N) is 2. The number of benzene rings is 1. The minimum atomic E-state index is -3.77. The van der Waals surface area contributed by atoms with Crippen LogP contribution in [0.15, 0.2) is 23.1 Å². The standard InChI is InChI=1S/C7H10N2O3S/c1-12-5-3-2-4-6(7(5)8)13(9,10)11/h2-4H,8H2,1H3,(H2,9,10,11). The number of hydrogen-bond acceptors (Lipinski definition) is 4. The van der Waals surface area contributed by atoms with Crippen LogP contribution < -0.4 is 15.6 Å². The second-order valence-corrected chi connectivity index (χ2v) is 3.95. The van der Waals surface area contributed by atoms with Crippen molar-refractivity contribution in [1.82, 2.24) is 0 Å². The van der Waals surface area contributed by atoms with Gasteiger partial charge in [-0.3, -0.25) is 0 Å². The number of para-hydroxylation sites is 1. The van der Waals surface area contributed by atoms with Crippen molar-refractivity contribution in [3.05, 3.63) is 18.2 Å². The fraction of sp³-hybridized carbons (Fsp3) is 0.143. The van der Waals surface area contributed by atoms with Crippen LogP contribution in [-0.4, -0.2) is 15.5 Å². The van der Waals surface area contributed by atoms with Gasteiger partial charge < -0.3 is 10.5 Å². The SMILES string of the molecule is COc1cccc(S(N)(=O)=O)c1N. The summed E-state index contributed by atoms with van der Waals surface area (Å²) >= 11 is 0. The smallest absolute Gasteiger partial charge is 0.240 e. The quantitative estimate of drug-likeness (QED) is 0.656. The van der Waals surface area contributed by atoms with Gasteiger partial charge in [-0.15, -0.1) is 0 Å². The van der Waals surface area contributed by atoms with Crippen LogP contribution in [0.1, 0.15) is 0 Å². The van der Waals surface area contributed by atoms with E-state index < -0.39 is 10.0 Å². The summed E-state index contributed by atoms with van der Waals surface area (Å²) in [6, 6.07) is 4.39. The molecular weight excluding hydrogens is 192 g/mol. The predicted octanol–water partition coefficient (Wildman–Crippen LogP) is -0.0752. The van der Waals surface area contributed by atoms with Gasteiger partial charge >= 0.3 is 0 Å². The third-order valence-electron chi connectivity index (χ3n) is 1.55. The van der Waals surface area contributed by atoms with E-state index in [1.165, 1.54) is 19.2 Å². The van der Waals surface area contributed by atoms with Gasteiger partial charge in [0, 0.05) is 0 Å². The molecule has 0 unspecified atom stereocenters. The van der Waals surface area contributed by atoms with Crippen molar-refractivity contribution in [2.24, 2.45) is 5.14 Å². The summed E-state index contributed by atoms with van der Waals surface area (Å²) in [4.78, 5) is -0.119. The lowest BCUT2D eigenvalue weighted by atomic mass is 10.3. The molecule has 0 aromatic heterocycles. The lowest BCUT2D eigenvalue weighted by molar-refractivity contribution is 0.416. The summed E-state index contributed by atoms with van der Waals surface area (Å²) in [6.45, 7) is 0. The molecule has 1 aromatic rings. The molecule has 0 spiro atoms. The van der Waals surface area contributed by atoms with Crippen molar-refractivity contribution in [3.63, 3.8) is 0 Å². The molecule has 0 bridgehead atoms. The van der Waals surface area contributed by atoms with Gasteiger partial charge in [-0.05, 0) is 12.1 Å². The molecule has 0 fully saturated rings. The van der Waals surface area contributed by atoms with E-state index in [0.29, 0.717) is 5.75 Å². The summed E-state index contributed by atoms with van der Waals surface area (Å²) in [5, 5.41) is 4.92. The van der Waals surface area contributed by atoms with Crippen molar-refractivity contribution >= 4 is 15.7 Å². The molecule has 0 aliphatic carbocycles. The van der Waals surface area contributed by atoms with Crippen LogP contribution >= 0.6 is 0 Å². The maximum absolute atomic E-state index is 11.0. The maximum atomic E-state index is 11.0. The number of primary sulfonamides is 1. The monoisotopic (exact) mass is 202 g/mol. The molecular formula is C7H10N2O3S. The van der Waals surface area contributed by atoms with E-state index >= 15 is 0 Å². The summed E-state index contributed by atoms with van der Waals surface area (Å²) < 4.78 is 26.8. The highest BCUT2D eigenvalue weighted by Gasteiger charge is 2.14. The Balaban J connectivity index is 3.41. The number of methoxy groups -OCH3 is 1. The molecule has 0 atom stereocenters. The normalized spacial score (nSPS) is 11.2. The summed E-state index contributed by atoms with van der Waals surface area (Å²) in [6.07, 6.45) is 0. The van der Waals surface area contributed by atoms with Crippen LogP contribution in [0.25, 0.3) is 0 Å². The lowest BCUT2D eigenvalue weighted by Crippen LogP contribution is -2.14. The maximum Gasteiger partial charge on any atom is 0.240 e. The van der Waals surface area contributed by atoms with Gasteiger partial charge in [0.25, 0.3) is 0 Å². The molecule has 0 heterocycles. The molecule has 0 aliphatic heterocycles. The highest BCUT2D eigenvalue weighted by Crippen LogP contribution is 2.26. The van der Waals surface area contributed by atoms with E-state index in [9.17, 15) is 8.42 Å². The van der Waals surface area contributed by atoms with Crippen molar-refractivity contribution in [1.29, 1.82) is 0 Å². The first-order chi connectivity index (χ1) is 5.96. The van der Waals surface area contributed by atoms with Gasteiger partial charge in [0.05, 0.1) is 12.8 Å². The highest BCUT2D eigenvalue weighted by molar-refractivity contribution is 7.89. The molecule has 6 heteroatoms. The zero-order chi connectivity index (χ0) is 10.1. The Bertz CT molecular complexity index is 414. The number of hydrogen-bond donors (Lipinski definition) is 2. The average Bonchev–Trinajstić information content (AvgIpc) is 2.02. The fourth-order valence-corrected chi connectivity index (χ4v) is 1.63. The predicted molar refractivity (Wildman–Crippen MR) is 48.8 cm³/mol. The van der Waals surface area contributed by atoms with E-state index in [-0.39, 0.29) is 10.6 Å². The molecule has 0 saturated carbocycles. The van der Waals surface area contributed by atoms with Crippen LogP contribution in [0.5, 0.6) is 5.75 Å². The molecule has 0 amide bonds. The molecule has 0 saturated heterocycles. The first kappa shape index (κ1) is 9.82. The fourth-order valence-electron chi connectivity index (χ4n) is 0.950. The van der Waals surface area contributed by atoms with Gasteiger partial charge in [-0.2, -0.15) is 0 Å². The Morgan fingerprint density at radius 3 is 2.46 bits per heavy atom. The molecule has 1 aromatic carbocycles. The van der Waals surface area contributed by atoms with E-state index in [4.69, 9.17) is 15.6 Å². The number of ether oxygens (including phenoxy) is 1. The van der Waals surface area contributed by atoms with Gasteiger partial charge in [-0.25, -0.2) is 13.6 Å². The van der Waals surface area contributed by atoms with Crippen LogP contribution in [0.3, 0.4) is 0 Å². The summed E-state index contributed by atoms with van der Waals surface area (Å²) in [7, 11) is -2.37. The number of anilines is 1. The number of nitrogen functional groups attached to an aromatic ring is 1. The van der Waals surface area contributed by atoms with E-state index in [0.717, 1.165) is 0 Å². The van der Waals surface area contributed by atoms with Gasteiger partial charge in [0.1, 0.15) is 10.6 Å². The first-order valence-corrected chi connectivity index (χ1v) is 4.96. The van der Waals surface area contributed by atoms with Crippen LogP contribution in [0, 0.1) is 0 Å². The van der Waals surface area contributed by atoms with Crippen LogP contribution in [0.2, 0.25) is 0 Å². The number of sulfonamides is 1. The second kappa shape index (κ2) is 3.23. The van der Waals surface area contributed by atoms with Crippen molar-refractivity contribution in [3.8, 4) is 5.75 Å². The molecule has 1 rings (SSSR count). The van der Waals surface area contributed by atoms with E-state index in [2.05, 4.69) is 0 Å². The third-order valence-corrected chi connectivity index (χ3v) is 2.52. The highest BCUT2D eigenvalue weighted by atomic mass is 32.2. The molecule has 0 aliphatic rings.